The van der Waals surface area contributed by atoms with E-state index in [0.717, 1.165) is 5.56 Å². The molecule has 1 unspecified atom stereocenters. The van der Waals surface area contributed by atoms with E-state index in [1.165, 1.54) is 6.08 Å². The second-order valence-electron chi connectivity index (χ2n) is 4.03. The van der Waals surface area contributed by atoms with Gasteiger partial charge in [-0.25, -0.2) is 13.1 Å². The molecule has 0 bridgehead atoms. The monoisotopic (exact) mass is 255 g/mol. The highest BCUT2D eigenvalue weighted by molar-refractivity contribution is 7.89. The number of aliphatic hydroxyl groups is 1. The van der Waals surface area contributed by atoms with Gasteiger partial charge in [-0.1, -0.05) is 36.4 Å². The summed E-state index contributed by atoms with van der Waals surface area (Å²) in [6.07, 6.45) is 1.31. The average Bonchev–Trinajstić information content (AvgIpc) is 2.29. The maximum atomic E-state index is 11.7. The summed E-state index contributed by atoms with van der Waals surface area (Å²) >= 11 is 0. The minimum Gasteiger partial charge on any atom is -0.394 e. The standard InChI is InChI=1S/C12H17NO3S/c1-3-9-17(15,16)13-12(2,10-14)11-7-5-4-6-8-11/h3-8,13-14H,1,9-10H2,2H3. The third kappa shape index (κ3) is 3.66. The summed E-state index contributed by atoms with van der Waals surface area (Å²) in [7, 11) is -3.48. The average molecular weight is 255 g/mol. The van der Waals surface area contributed by atoms with Gasteiger partial charge in [0.05, 0.1) is 17.9 Å². The Labute approximate surface area is 102 Å². The molecule has 0 spiro atoms. The molecule has 1 atom stereocenters. The molecule has 17 heavy (non-hydrogen) atoms. The van der Waals surface area contributed by atoms with E-state index >= 15 is 0 Å². The van der Waals surface area contributed by atoms with Crippen LogP contribution < -0.4 is 4.72 Å². The zero-order chi connectivity index (χ0) is 12.9. The van der Waals surface area contributed by atoms with Crippen LogP contribution in [-0.4, -0.2) is 25.9 Å². The highest BCUT2D eigenvalue weighted by Crippen LogP contribution is 2.20. The first-order valence-electron chi connectivity index (χ1n) is 5.22. The molecule has 1 aromatic rings. The molecule has 0 aliphatic rings. The van der Waals surface area contributed by atoms with Gasteiger partial charge in [0, 0.05) is 0 Å². The van der Waals surface area contributed by atoms with E-state index in [4.69, 9.17) is 0 Å². The van der Waals surface area contributed by atoms with Crippen molar-refractivity contribution in [3.05, 3.63) is 48.6 Å². The predicted molar refractivity (Wildman–Crippen MR) is 68.0 cm³/mol. The van der Waals surface area contributed by atoms with Crippen LogP contribution in [0.5, 0.6) is 0 Å². The van der Waals surface area contributed by atoms with E-state index in [9.17, 15) is 13.5 Å². The Morgan fingerprint density at radius 3 is 2.47 bits per heavy atom. The van der Waals surface area contributed by atoms with Crippen LogP contribution in [-0.2, 0) is 15.6 Å². The van der Waals surface area contributed by atoms with Gasteiger partial charge in [-0.05, 0) is 12.5 Å². The summed E-state index contributed by atoms with van der Waals surface area (Å²) < 4.78 is 25.9. The molecule has 0 saturated carbocycles. The highest BCUT2D eigenvalue weighted by Gasteiger charge is 2.30. The molecule has 0 aliphatic heterocycles. The number of aliphatic hydroxyl groups excluding tert-OH is 1. The molecule has 0 aromatic heterocycles. The van der Waals surface area contributed by atoms with Crippen molar-refractivity contribution in [2.24, 2.45) is 0 Å². The number of benzene rings is 1. The molecule has 0 fully saturated rings. The molecular weight excluding hydrogens is 238 g/mol. The fourth-order valence-electron chi connectivity index (χ4n) is 1.53. The van der Waals surface area contributed by atoms with Crippen LogP contribution in [0.4, 0.5) is 0 Å². The summed E-state index contributed by atoms with van der Waals surface area (Å²) in [6, 6.07) is 8.97. The number of hydrogen-bond donors (Lipinski definition) is 2. The summed E-state index contributed by atoms with van der Waals surface area (Å²) in [4.78, 5) is 0. The molecule has 0 aliphatic carbocycles. The Morgan fingerprint density at radius 2 is 2.00 bits per heavy atom. The van der Waals surface area contributed by atoms with Crippen LogP contribution in [0.2, 0.25) is 0 Å². The Hall–Kier alpha value is -1.17. The fraction of sp³-hybridized carbons (Fsp3) is 0.333. The van der Waals surface area contributed by atoms with Crippen molar-refractivity contribution in [2.75, 3.05) is 12.4 Å². The van der Waals surface area contributed by atoms with Crippen molar-refractivity contribution in [2.45, 2.75) is 12.5 Å². The third-order valence-electron chi connectivity index (χ3n) is 2.45. The number of rotatable bonds is 6. The van der Waals surface area contributed by atoms with E-state index in [2.05, 4.69) is 11.3 Å². The third-order valence-corrected chi connectivity index (χ3v) is 3.88. The molecule has 2 N–H and O–H groups in total. The van der Waals surface area contributed by atoms with Crippen molar-refractivity contribution in [1.82, 2.24) is 4.72 Å². The minimum absolute atomic E-state index is 0.171. The van der Waals surface area contributed by atoms with E-state index in [-0.39, 0.29) is 12.4 Å². The van der Waals surface area contributed by atoms with Gasteiger partial charge in [0.25, 0.3) is 0 Å². The van der Waals surface area contributed by atoms with Crippen LogP contribution in [0.15, 0.2) is 43.0 Å². The largest absolute Gasteiger partial charge is 0.394 e. The summed E-state index contributed by atoms with van der Waals surface area (Å²) in [5.74, 6) is -0.171. The van der Waals surface area contributed by atoms with Gasteiger partial charge >= 0.3 is 0 Å². The predicted octanol–water partition coefficient (Wildman–Crippen LogP) is 1.000. The van der Waals surface area contributed by atoms with Gasteiger partial charge < -0.3 is 5.11 Å². The van der Waals surface area contributed by atoms with Crippen molar-refractivity contribution in [3.63, 3.8) is 0 Å². The number of nitrogens with one attached hydrogen (secondary N) is 1. The zero-order valence-electron chi connectivity index (χ0n) is 9.76. The molecule has 94 valence electrons. The Kier molecular flexibility index (Phi) is 4.45. The van der Waals surface area contributed by atoms with Crippen LogP contribution >= 0.6 is 0 Å². The van der Waals surface area contributed by atoms with Gasteiger partial charge in [0.15, 0.2) is 0 Å². The van der Waals surface area contributed by atoms with E-state index < -0.39 is 15.6 Å². The number of hydrogen-bond acceptors (Lipinski definition) is 3. The Bertz CT molecular complexity index is 470. The van der Waals surface area contributed by atoms with Crippen molar-refractivity contribution >= 4 is 10.0 Å². The molecule has 0 amide bonds. The topological polar surface area (TPSA) is 66.4 Å². The summed E-state index contributed by atoms with van der Waals surface area (Å²) in [5.41, 5.74) is -0.293. The molecule has 0 saturated heterocycles. The lowest BCUT2D eigenvalue weighted by atomic mass is 9.94. The van der Waals surface area contributed by atoms with Crippen molar-refractivity contribution < 1.29 is 13.5 Å². The lowest BCUT2D eigenvalue weighted by Crippen LogP contribution is -2.46. The molecule has 0 radical (unpaired) electrons. The van der Waals surface area contributed by atoms with Crippen molar-refractivity contribution in [3.8, 4) is 0 Å². The number of sulfonamides is 1. The maximum Gasteiger partial charge on any atom is 0.216 e. The SMILES string of the molecule is C=CCS(=O)(=O)NC(C)(CO)c1ccccc1. The van der Waals surface area contributed by atoms with E-state index in [0.29, 0.717) is 0 Å². The first-order chi connectivity index (χ1) is 7.93. The second kappa shape index (κ2) is 5.44. The van der Waals surface area contributed by atoms with Gasteiger partial charge in [-0.15, -0.1) is 6.58 Å². The van der Waals surface area contributed by atoms with Gasteiger partial charge in [-0.3, -0.25) is 0 Å². The smallest absolute Gasteiger partial charge is 0.216 e. The second-order valence-corrected chi connectivity index (χ2v) is 5.80. The summed E-state index contributed by atoms with van der Waals surface area (Å²) in [5, 5.41) is 9.42. The normalized spacial score (nSPS) is 15.2. The van der Waals surface area contributed by atoms with E-state index in [1.807, 2.05) is 6.07 Å². The quantitative estimate of drug-likeness (QED) is 0.745. The molecule has 1 aromatic carbocycles. The minimum atomic E-state index is -3.48. The van der Waals surface area contributed by atoms with Crippen LogP contribution in [0.25, 0.3) is 0 Å². The first kappa shape index (κ1) is 13.9. The van der Waals surface area contributed by atoms with Gasteiger partial charge in [0.1, 0.15) is 0 Å². The lowest BCUT2D eigenvalue weighted by molar-refractivity contribution is 0.196. The van der Waals surface area contributed by atoms with E-state index in [1.54, 1.807) is 31.2 Å². The molecular formula is C12H17NO3S. The maximum absolute atomic E-state index is 11.7. The van der Waals surface area contributed by atoms with Crippen LogP contribution in [0, 0.1) is 0 Å². The Balaban J connectivity index is 3.02. The summed E-state index contributed by atoms with van der Waals surface area (Å²) in [6.45, 7) is 4.72. The zero-order valence-corrected chi connectivity index (χ0v) is 10.6. The molecule has 0 heterocycles. The lowest BCUT2D eigenvalue weighted by Gasteiger charge is -2.28. The van der Waals surface area contributed by atoms with Crippen LogP contribution in [0.3, 0.4) is 0 Å². The van der Waals surface area contributed by atoms with Crippen LogP contribution in [0.1, 0.15) is 12.5 Å². The fourth-order valence-corrected chi connectivity index (χ4v) is 2.79. The Morgan fingerprint density at radius 1 is 1.41 bits per heavy atom. The van der Waals surface area contributed by atoms with Gasteiger partial charge in [0.2, 0.25) is 10.0 Å². The molecule has 4 nitrogen and oxygen atoms in total. The first-order valence-corrected chi connectivity index (χ1v) is 6.88. The van der Waals surface area contributed by atoms with Crippen molar-refractivity contribution in [1.29, 1.82) is 0 Å². The van der Waals surface area contributed by atoms with Gasteiger partial charge in [-0.2, -0.15) is 0 Å². The highest BCUT2D eigenvalue weighted by atomic mass is 32.2. The molecule has 5 heteroatoms. The molecule has 1 rings (SSSR count).